The van der Waals surface area contributed by atoms with Gasteiger partial charge >= 0.3 is 5.97 Å². The summed E-state index contributed by atoms with van der Waals surface area (Å²) >= 11 is 6.83. The molecule has 0 atom stereocenters. The second kappa shape index (κ2) is 39.5. The lowest BCUT2D eigenvalue weighted by Crippen LogP contribution is -2.41. The van der Waals surface area contributed by atoms with E-state index in [1.54, 1.807) is 52.3 Å². The van der Waals surface area contributed by atoms with Gasteiger partial charge < -0.3 is 44.7 Å². The lowest BCUT2D eigenvalue weighted by Gasteiger charge is -2.21. The fraction of sp³-hybridized carbons (Fsp3) is 0.226. The quantitative estimate of drug-likeness (QED) is 0.0249. The van der Waals surface area contributed by atoms with Crippen molar-refractivity contribution in [2.45, 2.75) is 120 Å². The highest BCUT2D eigenvalue weighted by molar-refractivity contribution is 8.04. The van der Waals surface area contributed by atoms with Gasteiger partial charge in [-0.1, -0.05) is 181 Å². The first kappa shape index (κ1) is 84.4. The molecular weight excluding hydrogens is 1520 g/mol. The van der Waals surface area contributed by atoms with Crippen LogP contribution in [0.15, 0.2) is 282 Å². The van der Waals surface area contributed by atoms with Gasteiger partial charge in [0.05, 0.1) is 79.1 Å². The van der Waals surface area contributed by atoms with Crippen LogP contribution < -0.4 is 43.3 Å². The number of aryl methyl sites for hydroxylation is 5. The lowest BCUT2D eigenvalue weighted by molar-refractivity contribution is -0.672. The predicted molar refractivity (Wildman–Crippen MR) is 466 cm³/mol. The molecule has 586 valence electrons. The Morgan fingerprint density at radius 1 is 0.570 bits per heavy atom. The van der Waals surface area contributed by atoms with Crippen molar-refractivity contribution in [2.24, 2.45) is 0 Å². The van der Waals surface area contributed by atoms with Gasteiger partial charge in [-0.3, -0.25) is 4.79 Å². The van der Waals surface area contributed by atoms with E-state index in [0.717, 1.165) is 99.0 Å². The van der Waals surface area contributed by atoms with Crippen LogP contribution in [0.3, 0.4) is 0 Å². The smallest absolute Gasteiger partial charge is 0.309 e. The first-order valence-corrected chi connectivity index (χ1v) is 43.2. The van der Waals surface area contributed by atoms with Gasteiger partial charge in [-0.15, -0.1) is 11.8 Å². The second-order valence-corrected chi connectivity index (χ2v) is 34.1. The van der Waals surface area contributed by atoms with E-state index in [0.29, 0.717) is 39.1 Å². The van der Waals surface area contributed by atoms with Crippen molar-refractivity contribution in [3.05, 3.63) is 313 Å². The number of carbonyl (C=O) groups is 3. The van der Waals surface area contributed by atoms with Crippen LogP contribution in [0.2, 0.25) is 0 Å². The summed E-state index contributed by atoms with van der Waals surface area (Å²) in [5.74, 6) is -2.98. The van der Waals surface area contributed by atoms with E-state index >= 15 is 0 Å². The molecule has 21 heteroatoms. The number of anilines is 3. The second-order valence-electron chi connectivity index (χ2n) is 28.1. The number of aromatic nitrogens is 3. The molecule has 0 aliphatic carbocycles. The molecule has 13 rings (SSSR count). The van der Waals surface area contributed by atoms with E-state index in [9.17, 15) is 38.1 Å². The molecule has 0 fully saturated rings. The number of aliphatic hydroxyl groups is 1. The van der Waals surface area contributed by atoms with Crippen molar-refractivity contribution in [1.29, 1.82) is 0 Å². The number of allylic oxidation sites excluding steroid dienone is 12. The number of hydrogen-bond acceptors (Lipinski definition) is 15. The number of pyridine rings is 3. The summed E-state index contributed by atoms with van der Waals surface area (Å²) in [4.78, 5) is 44.8. The largest absolute Gasteiger partial charge is 0.548 e. The molecule has 10 aromatic rings. The van der Waals surface area contributed by atoms with Crippen molar-refractivity contribution >= 4 is 143 Å². The van der Waals surface area contributed by atoms with E-state index in [4.69, 9.17) is 5.11 Å². The SMILES string of the molecule is CCC(C=Cc1cc[n+](CCO)c2ccccc12)=CC=C1Sc2cc(C)c(C)cc2N1C.CCCS(=O)(=O)NCC[n+]1ccc(C=CC(C)=CC=C2Sc3cc(C)ccc3N2CC(=O)[O-])c2cc(C)ccc21.CSc1ccc2c(c1)SC(=CC=C(C)C=Cc1cc[n+](CCC(=O)O)c3ccccc13)N2Cc1ccc(C(=O)[O-])cc1. The maximum atomic E-state index is 12.0. The number of sulfonamides is 1. The number of hydrogen-bond donors (Lipinski definition) is 3. The Bertz CT molecular complexity index is 5700. The fourth-order valence-electron chi connectivity index (χ4n) is 13.3. The highest BCUT2D eigenvalue weighted by Crippen LogP contribution is 2.50. The average molecular weight is 1620 g/mol. The Balaban J connectivity index is 0.000000170. The molecular formula is C93H96N7O9S5+. The number of carboxylic acids is 3. The van der Waals surface area contributed by atoms with Crippen molar-refractivity contribution in [2.75, 3.05) is 53.5 Å². The first-order chi connectivity index (χ1) is 54.9. The molecule has 0 amide bonds. The minimum Gasteiger partial charge on any atom is -0.548 e. The van der Waals surface area contributed by atoms with Crippen molar-refractivity contribution in [3.8, 4) is 0 Å². The van der Waals surface area contributed by atoms with Gasteiger partial charge in [0.15, 0.2) is 38.2 Å². The van der Waals surface area contributed by atoms with Crippen LogP contribution in [0.1, 0.15) is 102 Å². The summed E-state index contributed by atoms with van der Waals surface area (Å²) in [5, 5.41) is 47.6. The van der Waals surface area contributed by atoms with E-state index < -0.39 is 27.9 Å². The lowest BCUT2D eigenvalue weighted by atomic mass is 10.0. The van der Waals surface area contributed by atoms with E-state index in [1.807, 2.05) is 128 Å². The topological polar surface area (TPSA) is 205 Å². The van der Waals surface area contributed by atoms with Gasteiger partial charge in [0.25, 0.3) is 0 Å². The standard InChI is InChI=1S/C34H30N2O4S2.C31H35N3O4S2.C28H31N2OS/c1-23(7-11-25-17-19-35(20-18-33(37)38)29-6-4-3-5-28(25)29)8-16-32-36(22-24-9-12-26(13-10-24)34(39)40)30-15-14-27(41-2)21-31(30)42-32;1-5-18-40(37,38)32-15-17-33-16-14-25(26-19-23(3)7-11-27(26)33)10-6-22(2)9-13-30-34(21-31(35)36)28-12-8-24(4)20-29(28)39-30;1-5-22(11-13-28-29(4)26-18-20(2)21(3)19-27(26)32-28)10-12-23-14-15-30(16-17-31)25-9-7-6-8-24(23)25/h3-17,19,21H,18,20,22H2,1-2H3,(H-,37,38,39,40);6-14,16,19-20,32H,5,15,17-18,21H2,1-4H3;6-15,18-19,31H,5,16-17H2,1-4H3/q;;+1. The third-order valence-electron chi connectivity index (χ3n) is 19.7. The number of aliphatic hydroxyl groups excluding tert-OH is 1. The van der Waals surface area contributed by atoms with Crippen LogP contribution in [0.5, 0.6) is 0 Å². The Kier molecular flexibility index (Phi) is 29.3. The zero-order chi connectivity index (χ0) is 81.2. The number of thioether (sulfide) groups is 4. The summed E-state index contributed by atoms with van der Waals surface area (Å²) in [6, 6.07) is 52.7. The number of nitrogens with one attached hydrogen (secondary N) is 1. The van der Waals surface area contributed by atoms with Crippen LogP contribution in [0.4, 0.5) is 17.1 Å². The molecule has 3 aliphatic heterocycles. The minimum absolute atomic E-state index is 0.0724. The predicted octanol–water partition coefficient (Wildman–Crippen LogP) is 16.7. The van der Waals surface area contributed by atoms with Crippen LogP contribution >= 0.6 is 47.0 Å². The average Bonchev–Trinajstić information content (AvgIpc) is 1.48. The monoisotopic (exact) mass is 1610 g/mol. The Morgan fingerprint density at radius 3 is 1.70 bits per heavy atom. The molecule has 0 saturated heterocycles. The van der Waals surface area contributed by atoms with Gasteiger partial charge in [0, 0.05) is 69.6 Å². The van der Waals surface area contributed by atoms with Crippen molar-refractivity contribution in [1.82, 2.24) is 4.72 Å². The number of aliphatic carboxylic acids is 2. The maximum absolute atomic E-state index is 12.0. The molecule has 3 aromatic heterocycles. The van der Waals surface area contributed by atoms with Gasteiger partial charge in [0.2, 0.25) is 26.6 Å². The molecule has 0 radical (unpaired) electrons. The number of aromatic carboxylic acids is 1. The molecule has 0 unspecified atom stereocenters. The normalized spacial score (nSPS) is 14.8. The highest BCUT2D eigenvalue weighted by atomic mass is 32.2. The van der Waals surface area contributed by atoms with Gasteiger partial charge in [0.1, 0.15) is 13.0 Å². The number of para-hydroxylation sites is 2. The number of carboxylic acid groups (broad SMARTS) is 3. The fourth-order valence-corrected chi connectivity index (χ4v) is 18.3. The zero-order valence-corrected chi connectivity index (χ0v) is 70.0. The molecule has 3 N–H and O–H groups in total. The number of benzene rings is 7. The number of fused-ring (bicyclic) bond motifs is 6. The van der Waals surface area contributed by atoms with E-state index in [2.05, 4.69) is 217 Å². The minimum atomic E-state index is -3.25. The molecule has 6 heterocycles. The Hall–Kier alpha value is -10.5. The van der Waals surface area contributed by atoms with Gasteiger partial charge in [-0.2, -0.15) is 13.7 Å². The van der Waals surface area contributed by atoms with Crippen LogP contribution in [-0.4, -0.2) is 75.3 Å². The first-order valence-electron chi connectivity index (χ1n) is 37.9. The zero-order valence-electron chi connectivity index (χ0n) is 65.9. The summed E-state index contributed by atoms with van der Waals surface area (Å²) in [7, 11) is -1.10. The molecule has 0 spiro atoms. The Morgan fingerprint density at radius 2 is 1.10 bits per heavy atom. The van der Waals surface area contributed by atoms with Crippen LogP contribution in [0, 0.1) is 27.7 Å². The summed E-state index contributed by atoms with van der Waals surface area (Å²) in [6.45, 7) is 19.0. The third kappa shape index (κ3) is 21.9. The summed E-state index contributed by atoms with van der Waals surface area (Å²) < 4.78 is 32.9. The van der Waals surface area contributed by atoms with Crippen LogP contribution in [0.25, 0.3) is 50.9 Å². The van der Waals surface area contributed by atoms with Crippen molar-refractivity contribution in [3.63, 3.8) is 0 Å². The third-order valence-corrected chi connectivity index (χ3v) is 25.4. The van der Waals surface area contributed by atoms with Crippen LogP contribution in [-0.2, 0) is 45.8 Å². The van der Waals surface area contributed by atoms with Crippen molar-refractivity contribution < 1.29 is 56.9 Å². The number of carbonyl (C=O) groups excluding carboxylic acids is 2. The van der Waals surface area contributed by atoms with E-state index in [1.165, 1.54) is 53.1 Å². The highest BCUT2D eigenvalue weighted by Gasteiger charge is 2.28. The molecule has 114 heavy (non-hydrogen) atoms. The Labute approximate surface area is 686 Å². The van der Waals surface area contributed by atoms with Gasteiger partial charge in [-0.05, 0) is 190 Å². The molecule has 0 bridgehead atoms. The van der Waals surface area contributed by atoms with E-state index in [-0.39, 0.29) is 30.9 Å². The molecule has 7 aromatic carbocycles. The molecule has 0 saturated carbocycles. The van der Waals surface area contributed by atoms with Gasteiger partial charge in [-0.25, -0.2) is 13.1 Å². The number of rotatable bonds is 27. The molecule has 16 nitrogen and oxygen atoms in total. The number of nitrogens with zero attached hydrogens (tertiary/aromatic N) is 6. The summed E-state index contributed by atoms with van der Waals surface area (Å²) in [5.41, 5.74) is 19.2. The molecule has 3 aliphatic rings. The maximum Gasteiger partial charge on any atom is 0.309 e. The summed E-state index contributed by atoms with van der Waals surface area (Å²) in [6.07, 6.45) is 35.0.